The molecule has 0 N–H and O–H groups in total. The number of hydrogen-bond acceptors (Lipinski definition) is 7. The van der Waals surface area contributed by atoms with Crippen molar-refractivity contribution in [2.45, 2.75) is 24.2 Å². The van der Waals surface area contributed by atoms with Crippen molar-refractivity contribution in [2.24, 2.45) is 12.1 Å². The van der Waals surface area contributed by atoms with Crippen LogP contribution in [0, 0.1) is 0 Å². The van der Waals surface area contributed by atoms with Crippen LogP contribution >= 0.6 is 23.1 Å². The molecule has 0 saturated heterocycles. The number of carbonyl (C=O) groups is 1. The summed E-state index contributed by atoms with van der Waals surface area (Å²) in [5.41, 5.74) is 1.52. The molecule has 0 spiro atoms. The van der Waals surface area contributed by atoms with Gasteiger partial charge in [-0.05, 0) is 29.1 Å². The van der Waals surface area contributed by atoms with E-state index in [1.807, 2.05) is 35.3 Å². The Morgan fingerprint density at radius 2 is 2.19 bits per heavy atom. The summed E-state index contributed by atoms with van der Waals surface area (Å²) in [7, 11) is 3.24. The number of alkyl halides is 2. The first-order valence-electron chi connectivity index (χ1n) is 9.62. The molecule has 0 unspecified atom stereocenters. The molecule has 0 saturated carbocycles. The van der Waals surface area contributed by atoms with E-state index in [2.05, 4.69) is 14.8 Å². The number of thiophene rings is 1. The summed E-state index contributed by atoms with van der Waals surface area (Å²) >= 11 is 2.87. The van der Waals surface area contributed by atoms with Gasteiger partial charge in [0.15, 0.2) is 16.7 Å². The lowest BCUT2D eigenvalue weighted by molar-refractivity contribution is -0.130. The summed E-state index contributed by atoms with van der Waals surface area (Å²) in [6.45, 7) is -2.96. The Morgan fingerprint density at radius 1 is 1.34 bits per heavy atom. The van der Waals surface area contributed by atoms with Crippen LogP contribution in [0.4, 0.5) is 8.78 Å². The molecule has 0 radical (unpaired) electrons. The van der Waals surface area contributed by atoms with Crippen molar-refractivity contribution in [3.8, 4) is 11.5 Å². The topological polar surface area (TPSA) is 69.0 Å². The van der Waals surface area contributed by atoms with E-state index in [4.69, 9.17) is 4.74 Å². The molecule has 3 heterocycles. The van der Waals surface area contributed by atoms with Crippen LogP contribution in [0.5, 0.6) is 11.5 Å². The van der Waals surface area contributed by atoms with Crippen molar-refractivity contribution < 1.29 is 23.0 Å². The molecule has 0 bridgehead atoms. The van der Waals surface area contributed by atoms with Crippen molar-refractivity contribution in [1.82, 2.24) is 14.6 Å². The van der Waals surface area contributed by atoms with Crippen LogP contribution in [-0.2, 0) is 11.8 Å². The summed E-state index contributed by atoms with van der Waals surface area (Å²) in [4.78, 5) is 18.3. The average molecular weight is 479 g/mol. The van der Waals surface area contributed by atoms with Gasteiger partial charge in [0.2, 0.25) is 0 Å². The maximum atomic E-state index is 13.1. The van der Waals surface area contributed by atoms with Crippen LogP contribution in [-0.4, -0.2) is 45.7 Å². The van der Waals surface area contributed by atoms with Gasteiger partial charge in [0.1, 0.15) is 0 Å². The number of aromatic nitrogens is 2. The number of thioether (sulfide) groups is 1. The van der Waals surface area contributed by atoms with E-state index in [1.165, 1.54) is 29.9 Å². The van der Waals surface area contributed by atoms with Crippen LogP contribution in [0.1, 0.15) is 22.9 Å². The number of benzene rings is 1. The molecule has 11 heteroatoms. The van der Waals surface area contributed by atoms with Crippen molar-refractivity contribution in [1.29, 1.82) is 0 Å². The molecule has 1 aliphatic rings. The Kier molecular flexibility index (Phi) is 6.75. The quantitative estimate of drug-likeness (QED) is 0.444. The summed E-state index contributed by atoms with van der Waals surface area (Å²) < 4.78 is 37.0. The molecule has 0 aliphatic carbocycles. The largest absolute Gasteiger partial charge is 0.493 e. The molecule has 32 heavy (non-hydrogen) atoms. The van der Waals surface area contributed by atoms with E-state index in [0.717, 1.165) is 15.7 Å². The highest BCUT2D eigenvalue weighted by molar-refractivity contribution is 7.99. The lowest BCUT2D eigenvalue weighted by Crippen LogP contribution is -2.28. The van der Waals surface area contributed by atoms with Crippen molar-refractivity contribution in [2.75, 3.05) is 12.9 Å². The predicted octanol–water partition coefficient (Wildman–Crippen LogP) is 4.56. The van der Waals surface area contributed by atoms with Gasteiger partial charge >= 0.3 is 6.61 Å². The van der Waals surface area contributed by atoms with Crippen molar-refractivity contribution in [3.05, 3.63) is 58.5 Å². The normalized spacial score (nSPS) is 15.8. The highest BCUT2D eigenvalue weighted by atomic mass is 32.2. The van der Waals surface area contributed by atoms with E-state index in [9.17, 15) is 13.6 Å². The van der Waals surface area contributed by atoms with Crippen LogP contribution in [0.15, 0.2) is 58.4 Å². The van der Waals surface area contributed by atoms with Gasteiger partial charge in [0.05, 0.1) is 29.5 Å². The molecular formula is C21H20F2N4O3S2. The molecule has 7 nitrogen and oxygen atoms in total. The third kappa shape index (κ3) is 4.78. The van der Waals surface area contributed by atoms with Crippen molar-refractivity contribution >= 4 is 34.7 Å². The van der Waals surface area contributed by atoms with Gasteiger partial charge < -0.3 is 14.0 Å². The monoisotopic (exact) mass is 478 g/mol. The number of hydrazone groups is 1. The SMILES string of the molecule is COc1cc([C@H]2CC(c3cccs3)=NN2C(=O)CSc2nccn2C)ccc1OC(F)F. The van der Waals surface area contributed by atoms with Gasteiger partial charge in [-0.3, -0.25) is 4.79 Å². The summed E-state index contributed by atoms with van der Waals surface area (Å²) in [6.07, 6.45) is 3.99. The van der Waals surface area contributed by atoms with E-state index < -0.39 is 12.7 Å². The van der Waals surface area contributed by atoms with Crippen LogP contribution in [0.25, 0.3) is 0 Å². The predicted molar refractivity (Wildman–Crippen MR) is 119 cm³/mol. The van der Waals surface area contributed by atoms with E-state index in [-0.39, 0.29) is 23.2 Å². The lowest BCUT2D eigenvalue weighted by Gasteiger charge is -2.23. The van der Waals surface area contributed by atoms with E-state index in [0.29, 0.717) is 12.0 Å². The minimum Gasteiger partial charge on any atom is -0.493 e. The second-order valence-electron chi connectivity index (χ2n) is 6.88. The van der Waals surface area contributed by atoms with Crippen LogP contribution in [0.2, 0.25) is 0 Å². The first-order valence-corrected chi connectivity index (χ1v) is 11.5. The molecule has 3 aromatic rings. The average Bonchev–Trinajstić information content (AvgIpc) is 3.52. The summed E-state index contributed by atoms with van der Waals surface area (Å²) in [5, 5.41) is 8.76. The van der Waals surface area contributed by atoms with Gasteiger partial charge in [-0.2, -0.15) is 13.9 Å². The fourth-order valence-corrected chi connectivity index (χ4v) is 4.87. The minimum absolute atomic E-state index is 0.0631. The lowest BCUT2D eigenvalue weighted by atomic mass is 10.0. The number of hydrogen-bond donors (Lipinski definition) is 0. The fraction of sp³-hybridized carbons (Fsp3) is 0.286. The standard InChI is InChI=1S/C21H20F2N4O3S2/c1-26-8-7-24-21(26)32-12-19(28)27-15(11-14(25-27)18-4-3-9-31-18)13-5-6-16(30-20(22)23)17(10-13)29-2/h3-10,15,20H,11-12H2,1-2H3/t15-/m1/s1. The molecule has 1 atom stereocenters. The fourth-order valence-electron chi connectivity index (χ4n) is 3.36. The second kappa shape index (κ2) is 9.70. The Morgan fingerprint density at radius 3 is 2.84 bits per heavy atom. The molecule has 0 fully saturated rings. The van der Waals surface area contributed by atoms with Crippen LogP contribution in [0.3, 0.4) is 0 Å². The number of halogens is 2. The maximum absolute atomic E-state index is 13.1. The second-order valence-corrected chi connectivity index (χ2v) is 8.77. The first kappa shape index (κ1) is 22.3. The third-order valence-electron chi connectivity index (χ3n) is 4.86. The zero-order chi connectivity index (χ0) is 22.7. The number of amides is 1. The van der Waals surface area contributed by atoms with Gasteiger partial charge in [0.25, 0.3) is 5.91 Å². The zero-order valence-corrected chi connectivity index (χ0v) is 18.9. The van der Waals surface area contributed by atoms with Gasteiger partial charge in [-0.25, -0.2) is 9.99 Å². The van der Waals surface area contributed by atoms with E-state index in [1.54, 1.807) is 29.7 Å². The number of carbonyl (C=O) groups excluding carboxylic acids is 1. The number of imidazole rings is 1. The molecular weight excluding hydrogens is 458 g/mol. The Bertz CT molecular complexity index is 1120. The van der Waals surface area contributed by atoms with Crippen LogP contribution < -0.4 is 9.47 Å². The van der Waals surface area contributed by atoms with Gasteiger partial charge in [0, 0.05) is 25.9 Å². The number of aryl methyl sites for hydroxylation is 1. The zero-order valence-electron chi connectivity index (χ0n) is 17.3. The number of nitrogens with zero attached hydrogens (tertiary/aromatic N) is 4. The number of methoxy groups -OCH3 is 1. The van der Waals surface area contributed by atoms with Gasteiger partial charge in [-0.1, -0.05) is 23.9 Å². The Balaban J connectivity index is 1.60. The minimum atomic E-state index is -2.96. The third-order valence-corrected chi connectivity index (χ3v) is 6.82. The highest BCUT2D eigenvalue weighted by Gasteiger charge is 2.34. The first-order chi connectivity index (χ1) is 15.5. The highest BCUT2D eigenvalue weighted by Crippen LogP contribution is 2.38. The maximum Gasteiger partial charge on any atom is 0.387 e. The molecule has 1 aromatic carbocycles. The van der Waals surface area contributed by atoms with Gasteiger partial charge in [-0.15, -0.1) is 11.3 Å². The molecule has 168 valence electrons. The smallest absolute Gasteiger partial charge is 0.387 e. The summed E-state index contributed by atoms with van der Waals surface area (Å²) in [5.74, 6) is 0.0854. The molecule has 1 aliphatic heterocycles. The Labute approximate surface area is 191 Å². The molecule has 4 rings (SSSR count). The molecule has 2 aromatic heterocycles. The summed E-state index contributed by atoms with van der Waals surface area (Å²) in [6, 6.07) is 8.19. The Hall–Kier alpha value is -2.92. The number of ether oxygens (including phenoxy) is 2. The van der Waals surface area contributed by atoms with Crippen molar-refractivity contribution in [3.63, 3.8) is 0 Å². The molecule has 1 amide bonds. The number of rotatable bonds is 8. The van der Waals surface area contributed by atoms with E-state index >= 15 is 0 Å².